The van der Waals surface area contributed by atoms with E-state index >= 15 is 0 Å². The van der Waals surface area contributed by atoms with Crippen LogP contribution < -0.4 is 11.5 Å². The van der Waals surface area contributed by atoms with E-state index in [0.29, 0.717) is 5.41 Å². The predicted molar refractivity (Wildman–Crippen MR) is 54.5 cm³/mol. The Morgan fingerprint density at radius 1 is 1.43 bits per heavy atom. The molecule has 3 atom stereocenters. The van der Waals surface area contributed by atoms with Gasteiger partial charge in [-0.25, -0.2) is 0 Å². The molecular formula is C10H19N3O. The van der Waals surface area contributed by atoms with Gasteiger partial charge in [0, 0.05) is 6.54 Å². The zero-order valence-electron chi connectivity index (χ0n) is 8.54. The van der Waals surface area contributed by atoms with Gasteiger partial charge in [0.05, 0.1) is 6.04 Å². The Kier molecular flexibility index (Phi) is 2.49. The second kappa shape index (κ2) is 3.51. The van der Waals surface area contributed by atoms with Crippen molar-refractivity contribution in [3.8, 4) is 0 Å². The number of hydrogen-bond donors (Lipinski definition) is 2. The third-order valence-electron chi connectivity index (χ3n) is 3.72. The van der Waals surface area contributed by atoms with Gasteiger partial charge in [-0.3, -0.25) is 4.79 Å². The molecule has 2 bridgehead atoms. The van der Waals surface area contributed by atoms with Crippen LogP contribution in [0.5, 0.6) is 0 Å². The lowest BCUT2D eigenvalue weighted by molar-refractivity contribution is -0.120. The Balaban J connectivity index is 1.99. The molecule has 2 rings (SSSR count). The molecule has 4 N–H and O–H groups in total. The lowest BCUT2D eigenvalue weighted by Crippen LogP contribution is -2.44. The maximum absolute atomic E-state index is 10.9. The minimum absolute atomic E-state index is 0.298. The molecule has 2 saturated heterocycles. The van der Waals surface area contributed by atoms with E-state index in [2.05, 4.69) is 4.90 Å². The van der Waals surface area contributed by atoms with Crippen molar-refractivity contribution < 1.29 is 4.79 Å². The smallest absolute Gasteiger partial charge is 0.234 e. The lowest BCUT2D eigenvalue weighted by Gasteiger charge is -2.35. The minimum atomic E-state index is -0.451. The number of primary amides is 1. The summed E-state index contributed by atoms with van der Waals surface area (Å²) in [5.74, 6) is -0.358. The largest absolute Gasteiger partial charge is 0.368 e. The molecule has 0 aromatic carbocycles. The van der Waals surface area contributed by atoms with Crippen LogP contribution in [0.1, 0.15) is 25.7 Å². The van der Waals surface area contributed by atoms with Crippen LogP contribution in [0.2, 0.25) is 0 Å². The fourth-order valence-electron chi connectivity index (χ4n) is 2.94. The van der Waals surface area contributed by atoms with Gasteiger partial charge in [0.25, 0.3) is 0 Å². The Morgan fingerprint density at radius 2 is 2.21 bits per heavy atom. The van der Waals surface area contributed by atoms with Crippen LogP contribution in [0.25, 0.3) is 0 Å². The summed E-state index contributed by atoms with van der Waals surface area (Å²) in [5, 5.41) is 0. The number of nitrogens with two attached hydrogens (primary N) is 2. The summed E-state index contributed by atoms with van der Waals surface area (Å²) >= 11 is 0. The van der Waals surface area contributed by atoms with Gasteiger partial charge in [0.15, 0.2) is 0 Å². The molecule has 0 spiro atoms. The average Bonchev–Trinajstić information content (AvgIpc) is 2.42. The highest BCUT2D eigenvalue weighted by Crippen LogP contribution is 2.42. The standard InChI is InChI=1S/C10H19N3O/c11-8(9(12)14)6-10-2-1-4-13(7-10)5-3-10/h8H,1-7,11H2,(H2,12,14). The maximum Gasteiger partial charge on any atom is 0.234 e. The average molecular weight is 197 g/mol. The first kappa shape index (κ1) is 9.93. The SMILES string of the molecule is NC(=O)C(N)CC12CCCN(CC1)C2. The van der Waals surface area contributed by atoms with Gasteiger partial charge < -0.3 is 16.4 Å². The summed E-state index contributed by atoms with van der Waals surface area (Å²) in [6.07, 6.45) is 4.42. The molecular weight excluding hydrogens is 178 g/mol. The van der Waals surface area contributed by atoms with E-state index in [1.165, 1.54) is 32.4 Å². The second-order valence-electron chi connectivity index (χ2n) is 4.84. The number of hydrogen-bond acceptors (Lipinski definition) is 3. The molecule has 4 heteroatoms. The van der Waals surface area contributed by atoms with Crippen molar-refractivity contribution in [2.75, 3.05) is 19.6 Å². The Labute approximate surface area is 84.6 Å². The molecule has 1 amide bonds. The van der Waals surface area contributed by atoms with Gasteiger partial charge in [0.1, 0.15) is 0 Å². The number of amides is 1. The number of piperidine rings is 1. The molecule has 2 heterocycles. The minimum Gasteiger partial charge on any atom is -0.368 e. The highest BCUT2D eigenvalue weighted by atomic mass is 16.1. The molecule has 0 radical (unpaired) electrons. The van der Waals surface area contributed by atoms with E-state index in [9.17, 15) is 4.79 Å². The van der Waals surface area contributed by atoms with Crippen LogP contribution >= 0.6 is 0 Å². The normalized spacial score (nSPS) is 38.2. The second-order valence-corrected chi connectivity index (χ2v) is 4.84. The van der Waals surface area contributed by atoms with Crippen LogP contribution in [-0.2, 0) is 4.79 Å². The molecule has 4 nitrogen and oxygen atoms in total. The molecule has 2 fully saturated rings. The first-order chi connectivity index (χ1) is 6.61. The van der Waals surface area contributed by atoms with Crippen LogP contribution in [0, 0.1) is 5.41 Å². The number of carbonyl (C=O) groups excluding carboxylic acids is 1. The molecule has 2 aliphatic rings. The van der Waals surface area contributed by atoms with E-state index in [4.69, 9.17) is 11.5 Å². The Morgan fingerprint density at radius 3 is 2.93 bits per heavy atom. The van der Waals surface area contributed by atoms with Gasteiger partial charge in [-0.1, -0.05) is 0 Å². The van der Waals surface area contributed by atoms with Crippen molar-refractivity contribution in [3.63, 3.8) is 0 Å². The van der Waals surface area contributed by atoms with E-state index in [0.717, 1.165) is 13.0 Å². The zero-order chi connectivity index (χ0) is 10.2. The van der Waals surface area contributed by atoms with Gasteiger partial charge in [0.2, 0.25) is 5.91 Å². The monoisotopic (exact) mass is 197 g/mol. The number of carbonyl (C=O) groups is 1. The quantitative estimate of drug-likeness (QED) is 0.651. The lowest BCUT2D eigenvalue weighted by atomic mass is 9.76. The van der Waals surface area contributed by atoms with Crippen molar-refractivity contribution in [2.45, 2.75) is 31.7 Å². The van der Waals surface area contributed by atoms with Crippen LogP contribution in [-0.4, -0.2) is 36.5 Å². The first-order valence-electron chi connectivity index (χ1n) is 5.39. The summed E-state index contributed by atoms with van der Waals surface area (Å²) in [6, 6.07) is -0.451. The predicted octanol–water partition coefficient (Wildman–Crippen LogP) is -0.325. The van der Waals surface area contributed by atoms with Gasteiger partial charge >= 0.3 is 0 Å². The van der Waals surface area contributed by atoms with Crippen molar-refractivity contribution >= 4 is 5.91 Å². The van der Waals surface area contributed by atoms with Crippen molar-refractivity contribution in [3.05, 3.63) is 0 Å². The summed E-state index contributed by atoms with van der Waals surface area (Å²) < 4.78 is 0. The molecule has 0 saturated carbocycles. The Bertz CT molecular complexity index is 240. The van der Waals surface area contributed by atoms with Crippen molar-refractivity contribution in [2.24, 2.45) is 16.9 Å². The van der Waals surface area contributed by atoms with Gasteiger partial charge in [-0.2, -0.15) is 0 Å². The van der Waals surface area contributed by atoms with Crippen LogP contribution in [0.15, 0.2) is 0 Å². The summed E-state index contributed by atoms with van der Waals surface area (Å²) in [5.41, 5.74) is 11.2. The number of fused-ring (bicyclic) bond motifs is 2. The molecule has 14 heavy (non-hydrogen) atoms. The van der Waals surface area contributed by atoms with E-state index in [1.807, 2.05) is 0 Å². The highest BCUT2D eigenvalue weighted by Gasteiger charge is 2.42. The van der Waals surface area contributed by atoms with Crippen molar-refractivity contribution in [1.29, 1.82) is 0 Å². The topological polar surface area (TPSA) is 72.3 Å². The molecule has 0 aromatic heterocycles. The van der Waals surface area contributed by atoms with E-state index < -0.39 is 6.04 Å². The third kappa shape index (κ3) is 1.77. The molecule has 80 valence electrons. The van der Waals surface area contributed by atoms with Gasteiger partial charge in [-0.15, -0.1) is 0 Å². The molecule has 0 aliphatic carbocycles. The summed E-state index contributed by atoms with van der Waals surface area (Å²) in [7, 11) is 0. The molecule has 0 aromatic rings. The molecule has 2 aliphatic heterocycles. The zero-order valence-corrected chi connectivity index (χ0v) is 8.54. The van der Waals surface area contributed by atoms with Crippen LogP contribution in [0.4, 0.5) is 0 Å². The van der Waals surface area contributed by atoms with Crippen molar-refractivity contribution in [1.82, 2.24) is 4.90 Å². The summed E-state index contributed by atoms with van der Waals surface area (Å²) in [4.78, 5) is 13.4. The fraction of sp³-hybridized carbons (Fsp3) is 0.900. The number of rotatable bonds is 3. The third-order valence-corrected chi connectivity index (χ3v) is 3.72. The van der Waals surface area contributed by atoms with Gasteiger partial charge in [-0.05, 0) is 44.2 Å². The fourth-order valence-corrected chi connectivity index (χ4v) is 2.94. The van der Waals surface area contributed by atoms with Crippen LogP contribution in [0.3, 0.4) is 0 Å². The maximum atomic E-state index is 10.9. The van der Waals surface area contributed by atoms with E-state index in [1.54, 1.807) is 0 Å². The highest BCUT2D eigenvalue weighted by molar-refractivity contribution is 5.79. The number of nitrogens with zero attached hydrogens (tertiary/aromatic N) is 1. The summed E-state index contributed by atoms with van der Waals surface area (Å²) in [6.45, 7) is 3.51. The molecule has 3 unspecified atom stereocenters. The first-order valence-corrected chi connectivity index (χ1v) is 5.39. The Hall–Kier alpha value is -0.610. The van der Waals surface area contributed by atoms with E-state index in [-0.39, 0.29) is 5.91 Å².